The number of nitrogens with zero attached hydrogens (tertiary/aromatic N) is 1. The van der Waals surface area contributed by atoms with Crippen LogP contribution < -0.4 is 9.47 Å². The van der Waals surface area contributed by atoms with Crippen LogP contribution in [0.15, 0.2) is 12.3 Å². The summed E-state index contributed by atoms with van der Waals surface area (Å²) in [5.74, 6) is 1.58. The van der Waals surface area contributed by atoms with Gasteiger partial charge in [-0.15, -0.1) is 0 Å². The second-order valence-corrected chi connectivity index (χ2v) is 2.13. The Labute approximate surface area is 72.3 Å². The molecule has 0 saturated carbocycles. The Hall–Kier alpha value is -1.25. The van der Waals surface area contributed by atoms with E-state index in [0.29, 0.717) is 6.79 Å². The summed E-state index contributed by atoms with van der Waals surface area (Å²) < 4.78 is 10.3. The maximum Gasteiger partial charge on any atom is 0.231 e. The number of aryl methyl sites for hydroxylation is 1. The number of pyridine rings is 1. The van der Waals surface area contributed by atoms with Crippen molar-refractivity contribution in [3.05, 3.63) is 18.0 Å². The summed E-state index contributed by atoms with van der Waals surface area (Å²) in [4.78, 5) is 4.05. The van der Waals surface area contributed by atoms with Gasteiger partial charge >= 0.3 is 0 Å². The molecule has 66 valence electrons. The van der Waals surface area contributed by atoms with Crippen molar-refractivity contribution in [3.8, 4) is 11.5 Å². The smallest absolute Gasteiger partial charge is 0.231 e. The molecule has 2 heterocycles. The summed E-state index contributed by atoms with van der Waals surface area (Å²) in [6.45, 7) is 6.22. The lowest BCUT2D eigenvalue weighted by Crippen LogP contribution is -1.93. The maximum absolute atomic E-state index is 5.14. The predicted octanol–water partition coefficient (Wildman–Crippen LogP) is 2.14. The van der Waals surface area contributed by atoms with Gasteiger partial charge in [0.25, 0.3) is 0 Å². The van der Waals surface area contributed by atoms with Crippen molar-refractivity contribution >= 4 is 0 Å². The molecular weight excluding hydrogens is 154 g/mol. The first-order chi connectivity index (χ1) is 5.88. The van der Waals surface area contributed by atoms with Crippen molar-refractivity contribution in [1.29, 1.82) is 0 Å². The Balaban J connectivity index is 0.000000336. The van der Waals surface area contributed by atoms with Crippen LogP contribution in [0.4, 0.5) is 0 Å². The van der Waals surface area contributed by atoms with Gasteiger partial charge in [-0.05, 0) is 6.92 Å². The second kappa shape index (κ2) is 3.95. The molecule has 0 N–H and O–H groups in total. The van der Waals surface area contributed by atoms with E-state index in [9.17, 15) is 0 Å². The number of hydrogen-bond acceptors (Lipinski definition) is 3. The monoisotopic (exact) mass is 167 g/mol. The summed E-state index contributed by atoms with van der Waals surface area (Å²) in [6.07, 6.45) is 1.71. The molecule has 3 nitrogen and oxygen atoms in total. The molecule has 2 rings (SSSR count). The molecule has 0 amide bonds. The van der Waals surface area contributed by atoms with Gasteiger partial charge in [0.05, 0.1) is 5.69 Å². The highest BCUT2D eigenvalue weighted by Gasteiger charge is 2.14. The zero-order valence-corrected chi connectivity index (χ0v) is 7.63. The zero-order valence-electron chi connectivity index (χ0n) is 7.63. The lowest BCUT2D eigenvalue weighted by Gasteiger charge is -1.95. The van der Waals surface area contributed by atoms with E-state index in [1.807, 2.05) is 20.8 Å². The average Bonchev–Trinajstić information content (AvgIpc) is 2.57. The van der Waals surface area contributed by atoms with E-state index in [2.05, 4.69) is 4.98 Å². The molecule has 0 fully saturated rings. The van der Waals surface area contributed by atoms with Crippen LogP contribution in [0.5, 0.6) is 11.5 Å². The standard InChI is InChI=1S/C7H7NO2.C2H6/c1-5-7-6(2-3-8-5)9-4-10-7;1-2/h2-3H,4H2,1H3;1-2H3. The van der Waals surface area contributed by atoms with Crippen molar-refractivity contribution in [3.63, 3.8) is 0 Å². The number of ether oxygens (including phenoxy) is 2. The first-order valence-corrected chi connectivity index (χ1v) is 4.09. The molecule has 12 heavy (non-hydrogen) atoms. The van der Waals surface area contributed by atoms with Crippen molar-refractivity contribution in [2.45, 2.75) is 20.8 Å². The molecule has 1 aliphatic rings. The molecule has 0 aromatic carbocycles. The Morgan fingerprint density at radius 2 is 2.08 bits per heavy atom. The molecule has 0 atom stereocenters. The van der Waals surface area contributed by atoms with Gasteiger partial charge in [-0.1, -0.05) is 13.8 Å². The Kier molecular flexibility index (Phi) is 2.91. The van der Waals surface area contributed by atoms with E-state index in [1.54, 1.807) is 12.3 Å². The maximum atomic E-state index is 5.14. The Bertz CT molecular complexity index is 261. The normalized spacial score (nSPS) is 11.9. The molecule has 1 aromatic rings. The fourth-order valence-electron chi connectivity index (χ4n) is 0.970. The third kappa shape index (κ3) is 1.49. The lowest BCUT2D eigenvalue weighted by molar-refractivity contribution is 0.173. The van der Waals surface area contributed by atoms with Crippen LogP contribution in [0, 0.1) is 6.92 Å². The molecule has 1 aromatic heterocycles. The van der Waals surface area contributed by atoms with E-state index in [1.165, 1.54) is 0 Å². The van der Waals surface area contributed by atoms with E-state index in [4.69, 9.17) is 9.47 Å². The largest absolute Gasteiger partial charge is 0.453 e. The highest BCUT2D eigenvalue weighted by molar-refractivity contribution is 5.43. The minimum Gasteiger partial charge on any atom is -0.453 e. The molecule has 0 aliphatic carbocycles. The molecule has 1 aliphatic heterocycles. The average molecular weight is 167 g/mol. The number of rotatable bonds is 0. The van der Waals surface area contributed by atoms with Gasteiger partial charge in [-0.3, -0.25) is 4.98 Å². The van der Waals surface area contributed by atoms with Crippen molar-refractivity contribution in [1.82, 2.24) is 4.98 Å². The summed E-state index contributed by atoms with van der Waals surface area (Å²) in [7, 11) is 0. The molecule has 0 spiro atoms. The lowest BCUT2D eigenvalue weighted by atomic mass is 10.3. The molecule has 0 unspecified atom stereocenters. The highest BCUT2D eigenvalue weighted by Crippen LogP contribution is 2.32. The molecule has 0 saturated heterocycles. The highest BCUT2D eigenvalue weighted by atomic mass is 16.7. The van der Waals surface area contributed by atoms with Crippen molar-refractivity contribution in [2.75, 3.05) is 6.79 Å². The summed E-state index contributed by atoms with van der Waals surface area (Å²) >= 11 is 0. The topological polar surface area (TPSA) is 31.4 Å². The SMILES string of the molecule is CC.Cc1nccc2c1OCO2. The molecule has 3 heteroatoms. The van der Waals surface area contributed by atoms with Gasteiger partial charge in [-0.25, -0.2) is 0 Å². The van der Waals surface area contributed by atoms with Gasteiger partial charge < -0.3 is 9.47 Å². The molecule has 0 radical (unpaired) electrons. The molecule has 0 bridgehead atoms. The van der Waals surface area contributed by atoms with Crippen LogP contribution in [-0.4, -0.2) is 11.8 Å². The van der Waals surface area contributed by atoms with Crippen LogP contribution in [0.2, 0.25) is 0 Å². The van der Waals surface area contributed by atoms with Gasteiger partial charge in [0.2, 0.25) is 6.79 Å². The summed E-state index contributed by atoms with van der Waals surface area (Å²) in [6, 6.07) is 1.80. The minimum atomic E-state index is 0.321. The van der Waals surface area contributed by atoms with Crippen LogP contribution in [-0.2, 0) is 0 Å². The first-order valence-electron chi connectivity index (χ1n) is 4.09. The van der Waals surface area contributed by atoms with Gasteiger partial charge in [0.1, 0.15) is 0 Å². The van der Waals surface area contributed by atoms with E-state index < -0.39 is 0 Å². The van der Waals surface area contributed by atoms with Crippen LogP contribution in [0.3, 0.4) is 0 Å². The number of hydrogen-bond donors (Lipinski definition) is 0. The first kappa shape index (κ1) is 8.84. The number of aromatic nitrogens is 1. The van der Waals surface area contributed by atoms with Gasteiger partial charge in [0.15, 0.2) is 11.5 Å². The van der Waals surface area contributed by atoms with Crippen LogP contribution in [0.1, 0.15) is 19.5 Å². The van der Waals surface area contributed by atoms with Crippen molar-refractivity contribution in [2.24, 2.45) is 0 Å². The van der Waals surface area contributed by atoms with Gasteiger partial charge in [-0.2, -0.15) is 0 Å². The van der Waals surface area contributed by atoms with E-state index in [0.717, 1.165) is 17.2 Å². The summed E-state index contributed by atoms with van der Waals surface area (Å²) in [5, 5.41) is 0. The Morgan fingerprint density at radius 3 is 2.75 bits per heavy atom. The quantitative estimate of drug-likeness (QED) is 0.593. The summed E-state index contributed by atoms with van der Waals surface area (Å²) in [5.41, 5.74) is 0.884. The predicted molar refractivity (Wildman–Crippen MR) is 46.4 cm³/mol. The number of fused-ring (bicyclic) bond motifs is 1. The van der Waals surface area contributed by atoms with Gasteiger partial charge in [0, 0.05) is 12.3 Å². The minimum absolute atomic E-state index is 0.321. The fourth-order valence-corrected chi connectivity index (χ4v) is 0.970. The zero-order chi connectivity index (χ0) is 8.97. The molecular formula is C9H13NO2. The third-order valence-corrected chi connectivity index (χ3v) is 1.46. The van der Waals surface area contributed by atoms with Crippen molar-refractivity contribution < 1.29 is 9.47 Å². The Morgan fingerprint density at radius 1 is 1.33 bits per heavy atom. The van der Waals surface area contributed by atoms with Crippen LogP contribution in [0.25, 0.3) is 0 Å². The second-order valence-electron chi connectivity index (χ2n) is 2.13. The van der Waals surface area contributed by atoms with E-state index >= 15 is 0 Å². The van der Waals surface area contributed by atoms with E-state index in [-0.39, 0.29) is 0 Å². The third-order valence-electron chi connectivity index (χ3n) is 1.46. The fraction of sp³-hybridized carbons (Fsp3) is 0.444. The van der Waals surface area contributed by atoms with Crippen LogP contribution >= 0.6 is 0 Å².